The van der Waals surface area contributed by atoms with Crippen molar-refractivity contribution in [1.29, 1.82) is 0 Å². The van der Waals surface area contributed by atoms with Gasteiger partial charge in [-0.05, 0) is 41.6 Å². The summed E-state index contributed by atoms with van der Waals surface area (Å²) in [5.41, 5.74) is 6.38. The van der Waals surface area contributed by atoms with Crippen LogP contribution in [0.1, 0.15) is 12.0 Å². The molecule has 106 valence electrons. The molecule has 0 aromatic heterocycles. The molecule has 2 N–H and O–H groups in total. The summed E-state index contributed by atoms with van der Waals surface area (Å²) < 4.78 is 5.22. The molecule has 1 amide bonds. The summed E-state index contributed by atoms with van der Waals surface area (Å²) in [6.45, 7) is 1.48. The second-order valence-corrected chi connectivity index (χ2v) is 5.00. The van der Waals surface area contributed by atoms with E-state index in [1.165, 1.54) is 10.9 Å². The third kappa shape index (κ3) is 3.71. The summed E-state index contributed by atoms with van der Waals surface area (Å²) in [4.78, 5) is 12.9. The van der Waals surface area contributed by atoms with Gasteiger partial charge in [0, 0.05) is 19.5 Å². The van der Waals surface area contributed by atoms with E-state index < -0.39 is 0 Å². The van der Waals surface area contributed by atoms with Crippen molar-refractivity contribution >= 4 is 16.7 Å². The standard InChI is InChI=1S/C16H20N2O2/c1-18(8-7-16(17)19)11-12-3-4-14-10-15(20-2)6-5-13(14)9-12/h3-6,9-10H,7-8,11H2,1-2H3,(H2,17,19). The number of hydrogen-bond acceptors (Lipinski definition) is 3. The van der Waals surface area contributed by atoms with E-state index in [1.54, 1.807) is 7.11 Å². The number of ether oxygens (including phenoxy) is 1. The molecule has 0 fully saturated rings. The lowest BCUT2D eigenvalue weighted by molar-refractivity contribution is -0.118. The van der Waals surface area contributed by atoms with Crippen molar-refractivity contribution in [2.75, 3.05) is 20.7 Å². The number of nitrogens with zero attached hydrogens (tertiary/aromatic N) is 1. The zero-order valence-electron chi connectivity index (χ0n) is 11.9. The Morgan fingerprint density at radius 1 is 1.20 bits per heavy atom. The van der Waals surface area contributed by atoms with Gasteiger partial charge in [0.1, 0.15) is 5.75 Å². The number of rotatable bonds is 6. The smallest absolute Gasteiger partial charge is 0.218 e. The molecule has 0 aliphatic heterocycles. The van der Waals surface area contributed by atoms with Crippen molar-refractivity contribution in [1.82, 2.24) is 4.90 Å². The Morgan fingerprint density at radius 2 is 1.90 bits per heavy atom. The van der Waals surface area contributed by atoms with Gasteiger partial charge in [-0.1, -0.05) is 18.2 Å². The number of hydrogen-bond donors (Lipinski definition) is 1. The van der Waals surface area contributed by atoms with Crippen LogP contribution in [-0.2, 0) is 11.3 Å². The van der Waals surface area contributed by atoms with Crippen molar-refractivity contribution in [2.24, 2.45) is 5.73 Å². The van der Waals surface area contributed by atoms with Gasteiger partial charge in [0.15, 0.2) is 0 Å². The number of amides is 1. The zero-order chi connectivity index (χ0) is 14.5. The molecular weight excluding hydrogens is 252 g/mol. The second-order valence-electron chi connectivity index (χ2n) is 5.00. The van der Waals surface area contributed by atoms with Gasteiger partial charge in [-0.15, -0.1) is 0 Å². The Kier molecular flexibility index (Phi) is 4.58. The number of carbonyl (C=O) groups is 1. The first-order chi connectivity index (χ1) is 9.58. The van der Waals surface area contributed by atoms with Crippen molar-refractivity contribution < 1.29 is 9.53 Å². The zero-order valence-corrected chi connectivity index (χ0v) is 11.9. The SMILES string of the molecule is COc1ccc2cc(CN(C)CCC(N)=O)ccc2c1. The highest BCUT2D eigenvalue weighted by Crippen LogP contribution is 2.22. The molecule has 0 heterocycles. The lowest BCUT2D eigenvalue weighted by atomic mass is 10.1. The first kappa shape index (κ1) is 14.3. The van der Waals surface area contributed by atoms with E-state index in [-0.39, 0.29) is 5.91 Å². The lowest BCUT2D eigenvalue weighted by Gasteiger charge is -2.16. The van der Waals surface area contributed by atoms with Crippen LogP contribution in [0.2, 0.25) is 0 Å². The molecule has 2 rings (SSSR count). The van der Waals surface area contributed by atoms with Gasteiger partial charge < -0.3 is 15.4 Å². The average Bonchev–Trinajstić information content (AvgIpc) is 2.44. The average molecular weight is 272 g/mol. The summed E-state index contributed by atoms with van der Waals surface area (Å²) in [6.07, 6.45) is 0.390. The molecule has 2 aromatic rings. The maximum absolute atomic E-state index is 10.8. The fraction of sp³-hybridized carbons (Fsp3) is 0.312. The van der Waals surface area contributed by atoms with Crippen LogP contribution in [0.3, 0.4) is 0 Å². The van der Waals surface area contributed by atoms with Crippen molar-refractivity contribution in [3.05, 3.63) is 42.0 Å². The van der Waals surface area contributed by atoms with Gasteiger partial charge >= 0.3 is 0 Å². The molecule has 0 saturated heterocycles. The highest BCUT2D eigenvalue weighted by atomic mass is 16.5. The molecule has 4 heteroatoms. The molecule has 0 atom stereocenters. The molecule has 0 unspecified atom stereocenters. The molecule has 0 saturated carbocycles. The summed E-state index contributed by atoms with van der Waals surface area (Å²) in [6, 6.07) is 12.4. The third-order valence-corrected chi connectivity index (χ3v) is 3.30. The van der Waals surface area contributed by atoms with Gasteiger partial charge in [0.05, 0.1) is 7.11 Å². The minimum atomic E-state index is -0.262. The van der Waals surface area contributed by atoms with Crippen LogP contribution in [-0.4, -0.2) is 31.5 Å². The highest BCUT2D eigenvalue weighted by molar-refractivity contribution is 5.84. The van der Waals surface area contributed by atoms with Crippen molar-refractivity contribution in [2.45, 2.75) is 13.0 Å². The van der Waals surface area contributed by atoms with E-state index in [0.717, 1.165) is 17.7 Å². The van der Waals surface area contributed by atoms with Crippen molar-refractivity contribution in [3.63, 3.8) is 0 Å². The normalized spacial score (nSPS) is 10.9. The second kappa shape index (κ2) is 6.39. The maximum atomic E-state index is 10.8. The van der Waals surface area contributed by atoms with Gasteiger partial charge in [0.2, 0.25) is 5.91 Å². The largest absolute Gasteiger partial charge is 0.497 e. The number of primary amides is 1. The predicted molar refractivity (Wildman–Crippen MR) is 80.6 cm³/mol. The Morgan fingerprint density at radius 3 is 2.60 bits per heavy atom. The van der Waals surface area contributed by atoms with Gasteiger partial charge in [-0.3, -0.25) is 4.79 Å². The molecular formula is C16H20N2O2. The molecule has 2 aromatic carbocycles. The van der Waals surface area contributed by atoms with Crippen LogP contribution in [0.5, 0.6) is 5.75 Å². The topological polar surface area (TPSA) is 55.6 Å². The van der Waals surface area contributed by atoms with Crippen molar-refractivity contribution in [3.8, 4) is 5.75 Å². The number of fused-ring (bicyclic) bond motifs is 1. The number of carbonyl (C=O) groups excluding carboxylic acids is 1. The first-order valence-electron chi connectivity index (χ1n) is 6.62. The number of benzene rings is 2. The van der Waals surface area contributed by atoms with Crippen LogP contribution in [0.4, 0.5) is 0 Å². The molecule has 0 bridgehead atoms. The quantitative estimate of drug-likeness (QED) is 0.876. The van der Waals surface area contributed by atoms with E-state index in [9.17, 15) is 4.79 Å². The summed E-state index contributed by atoms with van der Waals surface area (Å²) in [5, 5.41) is 2.35. The predicted octanol–water partition coefficient (Wildman–Crippen LogP) is 2.16. The highest BCUT2D eigenvalue weighted by Gasteiger charge is 2.04. The summed E-state index contributed by atoms with van der Waals surface area (Å²) in [5.74, 6) is 0.603. The van der Waals surface area contributed by atoms with E-state index in [4.69, 9.17) is 10.5 Å². The molecule has 0 spiro atoms. The monoisotopic (exact) mass is 272 g/mol. The van der Waals surface area contributed by atoms with E-state index in [1.807, 2.05) is 19.2 Å². The maximum Gasteiger partial charge on any atom is 0.218 e. The van der Waals surface area contributed by atoms with Crippen LogP contribution in [0.25, 0.3) is 10.8 Å². The third-order valence-electron chi connectivity index (χ3n) is 3.30. The van der Waals surface area contributed by atoms with Crippen LogP contribution in [0, 0.1) is 0 Å². The van der Waals surface area contributed by atoms with E-state index in [2.05, 4.69) is 29.2 Å². The Labute approximate surface area is 119 Å². The molecule has 0 radical (unpaired) electrons. The Balaban J connectivity index is 2.09. The van der Waals surface area contributed by atoms with Gasteiger partial charge in [-0.2, -0.15) is 0 Å². The molecule has 4 nitrogen and oxygen atoms in total. The number of methoxy groups -OCH3 is 1. The minimum absolute atomic E-state index is 0.262. The van der Waals surface area contributed by atoms with Crippen LogP contribution < -0.4 is 10.5 Å². The first-order valence-corrected chi connectivity index (χ1v) is 6.62. The molecule has 20 heavy (non-hydrogen) atoms. The Bertz CT molecular complexity index is 610. The molecule has 0 aliphatic carbocycles. The van der Waals surface area contributed by atoms with Gasteiger partial charge in [-0.25, -0.2) is 0 Å². The van der Waals surface area contributed by atoms with Gasteiger partial charge in [0.25, 0.3) is 0 Å². The Hall–Kier alpha value is -2.07. The minimum Gasteiger partial charge on any atom is -0.497 e. The fourth-order valence-electron chi connectivity index (χ4n) is 2.19. The fourth-order valence-corrected chi connectivity index (χ4v) is 2.19. The van der Waals surface area contributed by atoms with Crippen LogP contribution >= 0.6 is 0 Å². The van der Waals surface area contributed by atoms with E-state index in [0.29, 0.717) is 13.0 Å². The number of nitrogens with two attached hydrogens (primary N) is 1. The lowest BCUT2D eigenvalue weighted by Crippen LogP contribution is -2.24. The molecule has 0 aliphatic rings. The summed E-state index contributed by atoms with van der Waals surface area (Å²) >= 11 is 0. The van der Waals surface area contributed by atoms with Crippen LogP contribution in [0.15, 0.2) is 36.4 Å². The van der Waals surface area contributed by atoms with E-state index >= 15 is 0 Å². The summed E-state index contributed by atoms with van der Waals surface area (Å²) in [7, 11) is 3.66.